The van der Waals surface area contributed by atoms with E-state index in [0.717, 1.165) is 56.2 Å². The van der Waals surface area contributed by atoms with Crippen molar-refractivity contribution in [2.45, 2.75) is 25.8 Å². The summed E-state index contributed by atoms with van der Waals surface area (Å²) in [5, 5.41) is 1.55. The number of carbonyl (C=O) groups excluding carboxylic acids is 1. The molecule has 2 aliphatic rings. The molecule has 2 aromatic carbocycles. The van der Waals surface area contributed by atoms with Crippen LogP contribution in [-0.2, 0) is 17.8 Å². The molecule has 2 fully saturated rings. The Hall–Kier alpha value is -1.55. The van der Waals surface area contributed by atoms with Gasteiger partial charge >= 0.3 is 0 Å². The highest BCUT2D eigenvalue weighted by atomic mass is 35.5. The number of rotatable bonds is 4. The van der Waals surface area contributed by atoms with Crippen molar-refractivity contribution in [3.8, 4) is 0 Å². The second-order valence-corrected chi connectivity index (χ2v) is 8.76. The molecule has 0 aromatic heterocycles. The number of carbonyl (C=O) groups is 1. The minimum atomic E-state index is 0.224. The minimum Gasteiger partial charge on any atom is -0.341 e. The molecule has 2 heterocycles. The summed E-state index contributed by atoms with van der Waals surface area (Å²) >= 11 is 12.2. The summed E-state index contributed by atoms with van der Waals surface area (Å²) < 4.78 is 0. The number of amides is 1. The standard InChI is InChI=1S/C22H24Cl2N2O/c23-19-7-5-17(6-8-19)13-21(27)26-15-22(16-26)9-11-25(12-10-22)14-18-3-1-2-4-20(18)24/h1-8H,9-16H2. The van der Waals surface area contributed by atoms with Crippen LogP contribution in [0.3, 0.4) is 0 Å². The van der Waals surface area contributed by atoms with E-state index in [0.29, 0.717) is 16.9 Å². The molecule has 2 aromatic rings. The molecule has 27 heavy (non-hydrogen) atoms. The van der Waals surface area contributed by atoms with Crippen molar-refractivity contribution in [3.63, 3.8) is 0 Å². The van der Waals surface area contributed by atoms with Crippen LogP contribution in [0.1, 0.15) is 24.0 Å². The Morgan fingerprint density at radius 2 is 1.63 bits per heavy atom. The van der Waals surface area contributed by atoms with Crippen LogP contribution in [0, 0.1) is 5.41 Å². The van der Waals surface area contributed by atoms with Crippen molar-refractivity contribution in [1.29, 1.82) is 0 Å². The summed E-state index contributed by atoms with van der Waals surface area (Å²) in [6, 6.07) is 15.6. The maximum Gasteiger partial charge on any atom is 0.227 e. The molecule has 4 rings (SSSR count). The first-order valence-electron chi connectivity index (χ1n) is 9.51. The topological polar surface area (TPSA) is 23.6 Å². The fourth-order valence-corrected chi connectivity index (χ4v) is 4.52. The lowest BCUT2D eigenvalue weighted by Crippen LogP contribution is -2.62. The lowest BCUT2D eigenvalue weighted by atomic mass is 9.71. The lowest BCUT2D eigenvalue weighted by Gasteiger charge is -2.54. The Balaban J connectivity index is 1.25. The van der Waals surface area contributed by atoms with Gasteiger partial charge in [0.05, 0.1) is 6.42 Å². The third-order valence-electron chi connectivity index (χ3n) is 5.94. The number of hydrogen-bond acceptors (Lipinski definition) is 2. The summed E-state index contributed by atoms with van der Waals surface area (Å²) in [7, 11) is 0. The number of piperidine rings is 1. The van der Waals surface area contributed by atoms with Crippen LogP contribution >= 0.6 is 23.2 Å². The predicted octanol–water partition coefficient (Wildman–Crippen LogP) is 4.66. The molecular weight excluding hydrogens is 379 g/mol. The van der Waals surface area contributed by atoms with Gasteiger partial charge < -0.3 is 4.90 Å². The Morgan fingerprint density at radius 3 is 2.30 bits per heavy atom. The molecule has 2 aliphatic heterocycles. The maximum atomic E-state index is 12.5. The van der Waals surface area contributed by atoms with Crippen LogP contribution in [0.25, 0.3) is 0 Å². The van der Waals surface area contributed by atoms with Gasteiger partial charge in [-0.05, 0) is 55.3 Å². The van der Waals surface area contributed by atoms with Crippen LogP contribution in [0.5, 0.6) is 0 Å². The van der Waals surface area contributed by atoms with Crippen molar-refractivity contribution < 1.29 is 4.79 Å². The quantitative estimate of drug-likeness (QED) is 0.742. The van der Waals surface area contributed by atoms with E-state index in [-0.39, 0.29) is 5.91 Å². The summed E-state index contributed by atoms with van der Waals surface area (Å²) in [6.45, 7) is 4.86. The van der Waals surface area contributed by atoms with Crippen LogP contribution in [0.15, 0.2) is 48.5 Å². The summed E-state index contributed by atoms with van der Waals surface area (Å²) in [5.41, 5.74) is 2.55. The second-order valence-electron chi connectivity index (χ2n) is 7.92. The van der Waals surface area contributed by atoms with Gasteiger partial charge in [-0.25, -0.2) is 0 Å². The molecular formula is C22H24Cl2N2O. The number of nitrogens with zero attached hydrogens (tertiary/aromatic N) is 2. The normalized spacial score (nSPS) is 19.1. The Kier molecular flexibility index (Phi) is 5.45. The van der Waals surface area contributed by atoms with Crippen LogP contribution in [0.4, 0.5) is 0 Å². The number of benzene rings is 2. The predicted molar refractivity (Wildman–Crippen MR) is 110 cm³/mol. The van der Waals surface area contributed by atoms with Gasteiger partial charge in [0.2, 0.25) is 5.91 Å². The first-order chi connectivity index (χ1) is 13.0. The van der Waals surface area contributed by atoms with Crippen molar-refractivity contribution in [3.05, 3.63) is 69.7 Å². The first-order valence-corrected chi connectivity index (χ1v) is 10.3. The molecule has 3 nitrogen and oxygen atoms in total. The lowest BCUT2D eigenvalue weighted by molar-refractivity contribution is -0.146. The van der Waals surface area contributed by atoms with E-state index in [9.17, 15) is 4.79 Å². The monoisotopic (exact) mass is 402 g/mol. The highest BCUT2D eigenvalue weighted by Gasteiger charge is 2.46. The smallest absolute Gasteiger partial charge is 0.227 e. The molecule has 2 saturated heterocycles. The first kappa shape index (κ1) is 18.8. The number of likely N-dealkylation sites (tertiary alicyclic amines) is 2. The molecule has 0 radical (unpaired) electrons. The van der Waals surface area contributed by atoms with Crippen LogP contribution in [0.2, 0.25) is 10.0 Å². The van der Waals surface area contributed by atoms with Gasteiger partial charge in [-0.2, -0.15) is 0 Å². The largest absolute Gasteiger partial charge is 0.341 e. The third kappa shape index (κ3) is 4.31. The van der Waals surface area contributed by atoms with E-state index in [2.05, 4.69) is 11.0 Å². The minimum absolute atomic E-state index is 0.224. The maximum absolute atomic E-state index is 12.5. The second kappa shape index (κ2) is 7.83. The summed E-state index contributed by atoms with van der Waals surface area (Å²) in [6.07, 6.45) is 2.77. The van der Waals surface area contributed by atoms with Crippen molar-refractivity contribution in [2.75, 3.05) is 26.2 Å². The SMILES string of the molecule is O=C(Cc1ccc(Cl)cc1)N1CC2(CCN(Cc3ccccc3Cl)CC2)C1. The Bertz CT molecular complexity index is 805. The van der Waals surface area contributed by atoms with Crippen molar-refractivity contribution in [2.24, 2.45) is 5.41 Å². The van der Waals surface area contributed by atoms with Gasteiger partial charge in [-0.15, -0.1) is 0 Å². The van der Waals surface area contributed by atoms with E-state index in [1.165, 1.54) is 5.56 Å². The van der Waals surface area contributed by atoms with Crippen molar-refractivity contribution in [1.82, 2.24) is 9.80 Å². The molecule has 1 spiro atoms. The molecule has 0 unspecified atom stereocenters. The molecule has 5 heteroatoms. The van der Waals surface area contributed by atoms with Gasteiger partial charge in [0.25, 0.3) is 0 Å². The van der Waals surface area contributed by atoms with E-state index >= 15 is 0 Å². The number of hydrogen-bond donors (Lipinski definition) is 0. The third-order valence-corrected chi connectivity index (χ3v) is 6.56. The molecule has 0 atom stereocenters. The van der Waals surface area contributed by atoms with Gasteiger partial charge in [0.1, 0.15) is 0 Å². The fourth-order valence-electron chi connectivity index (χ4n) is 4.20. The van der Waals surface area contributed by atoms with Gasteiger partial charge in [-0.3, -0.25) is 9.69 Å². The highest BCUT2D eigenvalue weighted by Crippen LogP contribution is 2.41. The summed E-state index contributed by atoms with van der Waals surface area (Å²) in [4.78, 5) is 17.0. The average Bonchev–Trinajstić information content (AvgIpc) is 2.64. The van der Waals surface area contributed by atoms with E-state index in [1.807, 2.05) is 47.4 Å². The van der Waals surface area contributed by atoms with E-state index in [1.54, 1.807) is 0 Å². The van der Waals surface area contributed by atoms with Crippen molar-refractivity contribution >= 4 is 29.1 Å². The zero-order valence-electron chi connectivity index (χ0n) is 15.3. The molecule has 0 N–H and O–H groups in total. The summed E-state index contributed by atoms with van der Waals surface area (Å²) in [5.74, 6) is 0.224. The Morgan fingerprint density at radius 1 is 0.963 bits per heavy atom. The Labute approximate surface area is 170 Å². The van der Waals surface area contributed by atoms with Crippen LogP contribution in [-0.4, -0.2) is 41.9 Å². The van der Waals surface area contributed by atoms with Gasteiger partial charge in [0, 0.05) is 35.1 Å². The molecule has 1 amide bonds. The molecule has 0 aliphatic carbocycles. The highest BCUT2D eigenvalue weighted by molar-refractivity contribution is 6.31. The van der Waals surface area contributed by atoms with Gasteiger partial charge in [0.15, 0.2) is 0 Å². The zero-order chi connectivity index (χ0) is 18.9. The zero-order valence-corrected chi connectivity index (χ0v) is 16.8. The average molecular weight is 403 g/mol. The molecule has 0 bridgehead atoms. The molecule has 0 saturated carbocycles. The number of halogens is 2. The fraction of sp³-hybridized carbons (Fsp3) is 0.409. The van der Waals surface area contributed by atoms with Gasteiger partial charge in [-0.1, -0.05) is 53.5 Å². The molecule has 142 valence electrons. The van der Waals surface area contributed by atoms with E-state index < -0.39 is 0 Å². The van der Waals surface area contributed by atoms with E-state index in [4.69, 9.17) is 23.2 Å². The van der Waals surface area contributed by atoms with Crippen LogP contribution < -0.4 is 0 Å².